The molecule has 84 valence electrons. The highest BCUT2D eigenvalue weighted by Crippen LogP contribution is 2.30. The second-order valence-electron chi connectivity index (χ2n) is 4.66. The molecule has 0 radical (unpaired) electrons. The van der Waals surface area contributed by atoms with Crippen molar-refractivity contribution in [2.24, 2.45) is 5.92 Å². The first-order valence-corrected chi connectivity index (χ1v) is 6.00. The van der Waals surface area contributed by atoms with Gasteiger partial charge in [-0.1, -0.05) is 26.7 Å². The molecule has 1 saturated heterocycles. The van der Waals surface area contributed by atoms with Gasteiger partial charge >= 0.3 is 0 Å². The highest BCUT2D eigenvalue weighted by Gasteiger charge is 2.30. The van der Waals surface area contributed by atoms with Crippen molar-refractivity contribution in [1.29, 1.82) is 0 Å². The molecule has 1 N–H and O–H groups in total. The van der Waals surface area contributed by atoms with Crippen LogP contribution in [0, 0.1) is 5.92 Å². The second-order valence-corrected chi connectivity index (χ2v) is 4.66. The van der Waals surface area contributed by atoms with Gasteiger partial charge in [0.05, 0.1) is 5.60 Å². The highest BCUT2D eigenvalue weighted by atomic mass is 16.5. The normalized spacial score (nSPS) is 22.9. The summed E-state index contributed by atoms with van der Waals surface area (Å²) in [4.78, 5) is 0. The minimum absolute atomic E-state index is 0.415. The molecule has 0 aromatic rings. The molecule has 0 bridgehead atoms. The Bertz CT molecular complexity index is 144. The van der Waals surface area contributed by atoms with Crippen LogP contribution in [0.15, 0.2) is 0 Å². The summed E-state index contributed by atoms with van der Waals surface area (Å²) in [5, 5.41) is 10.4. The molecule has 0 saturated carbocycles. The maximum atomic E-state index is 10.4. The third kappa shape index (κ3) is 3.58. The summed E-state index contributed by atoms with van der Waals surface area (Å²) >= 11 is 0. The Labute approximate surface area is 87.7 Å². The first-order chi connectivity index (χ1) is 6.70. The van der Waals surface area contributed by atoms with E-state index >= 15 is 0 Å². The maximum absolute atomic E-state index is 10.4. The lowest BCUT2D eigenvalue weighted by molar-refractivity contribution is -0.00339. The SMILES string of the molecule is CCCC(O)(CCC)CC1CCOC1. The Balaban J connectivity index is 2.39. The minimum atomic E-state index is -0.415. The van der Waals surface area contributed by atoms with E-state index in [9.17, 15) is 5.11 Å². The Morgan fingerprint density at radius 2 is 1.93 bits per heavy atom. The summed E-state index contributed by atoms with van der Waals surface area (Å²) in [6.07, 6.45) is 6.10. The van der Waals surface area contributed by atoms with Gasteiger partial charge in [-0.05, 0) is 31.6 Å². The summed E-state index contributed by atoms with van der Waals surface area (Å²) < 4.78 is 5.35. The van der Waals surface area contributed by atoms with Crippen molar-refractivity contribution in [3.63, 3.8) is 0 Å². The monoisotopic (exact) mass is 200 g/mol. The molecule has 2 heteroatoms. The van der Waals surface area contributed by atoms with Crippen LogP contribution in [-0.4, -0.2) is 23.9 Å². The quantitative estimate of drug-likeness (QED) is 0.714. The average molecular weight is 200 g/mol. The Morgan fingerprint density at radius 1 is 1.29 bits per heavy atom. The molecular weight excluding hydrogens is 176 g/mol. The summed E-state index contributed by atoms with van der Waals surface area (Å²) in [7, 11) is 0. The van der Waals surface area contributed by atoms with E-state index in [1.165, 1.54) is 0 Å². The molecule has 0 spiro atoms. The fourth-order valence-electron chi connectivity index (χ4n) is 2.54. The zero-order valence-corrected chi connectivity index (χ0v) is 9.59. The van der Waals surface area contributed by atoms with Crippen molar-refractivity contribution in [3.05, 3.63) is 0 Å². The van der Waals surface area contributed by atoms with E-state index in [2.05, 4.69) is 13.8 Å². The van der Waals surface area contributed by atoms with Gasteiger partial charge in [0.25, 0.3) is 0 Å². The maximum Gasteiger partial charge on any atom is 0.0651 e. The van der Waals surface area contributed by atoms with Crippen LogP contribution < -0.4 is 0 Å². The van der Waals surface area contributed by atoms with Crippen LogP contribution >= 0.6 is 0 Å². The third-order valence-corrected chi connectivity index (χ3v) is 3.12. The van der Waals surface area contributed by atoms with Crippen molar-refractivity contribution >= 4 is 0 Å². The van der Waals surface area contributed by atoms with Gasteiger partial charge in [0.2, 0.25) is 0 Å². The van der Waals surface area contributed by atoms with E-state index in [1.54, 1.807) is 0 Å². The fraction of sp³-hybridized carbons (Fsp3) is 1.00. The summed E-state index contributed by atoms with van der Waals surface area (Å²) in [6, 6.07) is 0. The number of aliphatic hydroxyl groups is 1. The molecule has 1 fully saturated rings. The molecule has 1 atom stereocenters. The van der Waals surface area contributed by atoms with Crippen LogP contribution in [0.3, 0.4) is 0 Å². The van der Waals surface area contributed by atoms with Crippen LogP contribution in [0.25, 0.3) is 0 Å². The smallest absolute Gasteiger partial charge is 0.0651 e. The van der Waals surface area contributed by atoms with Crippen molar-refractivity contribution < 1.29 is 9.84 Å². The summed E-state index contributed by atoms with van der Waals surface area (Å²) in [5.41, 5.74) is -0.415. The van der Waals surface area contributed by atoms with E-state index in [0.29, 0.717) is 5.92 Å². The van der Waals surface area contributed by atoms with Crippen LogP contribution in [0.2, 0.25) is 0 Å². The average Bonchev–Trinajstić information content (AvgIpc) is 2.57. The lowest BCUT2D eigenvalue weighted by atomic mass is 9.83. The largest absolute Gasteiger partial charge is 0.390 e. The van der Waals surface area contributed by atoms with E-state index in [4.69, 9.17) is 4.74 Å². The molecule has 1 unspecified atom stereocenters. The molecule has 1 aliphatic heterocycles. The van der Waals surface area contributed by atoms with E-state index in [0.717, 1.165) is 51.7 Å². The van der Waals surface area contributed by atoms with Gasteiger partial charge in [0, 0.05) is 13.2 Å². The number of hydrogen-bond acceptors (Lipinski definition) is 2. The van der Waals surface area contributed by atoms with Crippen LogP contribution in [0.4, 0.5) is 0 Å². The zero-order chi connectivity index (χ0) is 10.4. The zero-order valence-electron chi connectivity index (χ0n) is 9.59. The molecule has 1 heterocycles. The Kier molecular flexibility index (Phi) is 4.90. The lowest BCUT2D eigenvalue weighted by Crippen LogP contribution is -2.31. The van der Waals surface area contributed by atoms with Crippen LogP contribution in [0.5, 0.6) is 0 Å². The predicted molar refractivity (Wildman–Crippen MR) is 58.3 cm³/mol. The molecular formula is C12H24O2. The van der Waals surface area contributed by atoms with Crippen molar-refractivity contribution in [1.82, 2.24) is 0 Å². The van der Waals surface area contributed by atoms with Gasteiger partial charge in [-0.2, -0.15) is 0 Å². The molecule has 14 heavy (non-hydrogen) atoms. The van der Waals surface area contributed by atoms with E-state index in [-0.39, 0.29) is 0 Å². The van der Waals surface area contributed by atoms with Gasteiger partial charge < -0.3 is 9.84 Å². The third-order valence-electron chi connectivity index (χ3n) is 3.12. The first kappa shape index (κ1) is 12.0. The van der Waals surface area contributed by atoms with Crippen LogP contribution in [0.1, 0.15) is 52.4 Å². The molecule has 0 aliphatic carbocycles. The summed E-state index contributed by atoms with van der Waals surface area (Å²) in [6.45, 7) is 6.03. The van der Waals surface area contributed by atoms with Gasteiger partial charge in [-0.15, -0.1) is 0 Å². The van der Waals surface area contributed by atoms with Gasteiger partial charge in [-0.3, -0.25) is 0 Å². The topological polar surface area (TPSA) is 29.5 Å². The van der Waals surface area contributed by atoms with Crippen LogP contribution in [-0.2, 0) is 4.74 Å². The first-order valence-electron chi connectivity index (χ1n) is 6.00. The molecule has 2 nitrogen and oxygen atoms in total. The summed E-state index contributed by atoms with van der Waals surface area (Å²) in [5.74, 6) is 0.595. The Hall–Kier alpha value is -0.0800. The Morgan fingerprint density at radius 3 is 2.36 bits per heavy atom. The minimum Gasteiger partial charge on any atom is -0.390 e. The van der Waals surface area contributed by atoms with Gasteiger partial charge in [-0.25, -0.2) is 0 Å². The number of hydrogen-bond donors (Lipinski definition) is 1. The van der Waals surface area contributed by atoms with Crippen molar-refractivity contribution in [2.75, 3.05) is 13.2 Å². The standard InChI is InChI=1S/C12H24O2/c1-3-6-12(13,7-4-2)9-11-5-8-14-10-11/h11,13H,3-10H2,1-2H3. The second kappa shape index (κ2) is 5.72. The van der Waals surface area contributed by atoms with Gasteiger partial charge in [0.1, 0.15) is 0 Å². The van der Waals surface area contributed by atoms with Gasteiger partial charge in [0.15, 0.2) is 0 Å². The predicted octanol–water partition coefficient (Wildman–Crippen LogP) is 2.74. The highest BCUT2D eigenvalue weighted by molar-refractivity contribution is 4.82. The van der Waals surface area contributed by atoms with E-state index in [1.807, 2.05) is 0 Å². The molecule has 1 aliphatic rings. The number of ether oxygens (including phenoxy) is 1. The molecule has 0 aromatic carbocycles. The number of rotatable bonds is 6. The fourth-order valence-corrected chi connectivity index (χ4v) is 2.54. The van der Waals surface area contributed by atoms with Crippen molar-refractivity contribution in [3.8, 4) is 0 Å². The molecule has 1 rings (SSSR count). The molecule has 0 amide bonds. The van der Waals surface area contributed by atoms with E-state index < -0.39 is 5.60 Å². The lowest BCUT2D eigenvalue weighted by Gasteiger charge is -2.29. The van der Waals surface area contributed by atoms with Crippen molar-refractivity contribution in [2.45, 2.75) is 58.0 Å². The molecule has 0 aromatic heterocycles.